The van der Waals surface area contributed by atoms with Crippen LogP contribution in [0.25, 0.3) is 11.0 Å². The monoisotopic (exact) mass is 479 g/mol. The maximum atomic E-state index is 11.9. The lowest BCUT2D eigenvalue weighted by atomic mass is 9.79. The smallest absolute Gasteiger partial charge is 0.217 e. The molecule has 6 nitrogen and oxygen atoms in total. The number of rotatable bonds is 7. The summed E-state index contributed by atoms with van der Waals surface area (Å²) in [6.07, 6.45) is 12.4. The Bertz CT molecular complexity index is 992. The number of aromatic nitrogens is 2. The minimum atomic E-state index is 0.0358. The number of carbonyl (C=O) groups excluding carboxylic acids is 1. The fourth-order valence-electron chi connectivity index (χ4n) is 7.03. The Balaban J connectivity index is 1.36. The molecule has 0 aromatic carbocycles. The fourth-order valence-corrected chi connectivity index (χ4v) is 7.03. The molecule has 1 N–H and O–H groups in total. The predicted molar refractivity (Wildman–Crippen MR) is 142 cm³/mol. The van der Waals surface area contributed by atoms with Gasteiger partial charge in [-0.1, -0.05) is 13.8 Å². The number of piperidine rings is 1. The van der Waals surface area contributed by atoms with Crippen molar-refractivity contribution >= 4 is 16.9 Å². The minimum absolute atomic E-state index is 0.0358. The van der Waals surface area contributed by atoms with Crippen molar-refractivity contribution in [1.29, 1.82) is 0 Å². The number of hydrogen-bond acceptors (Lipinski definition) is 4. The molecule has 2 saturated heterocycles. The summed E-state index contributed by atoms with van der Waals surface area (Å²) in [5.74, 6) is 1.79. The van der Waals surface area contributed by atoms with Crippen LogP contribution in [0.3, 0.4) is 0 Å². The largest absolute Gasteiger partial charge is 0.351 e. The first kappa shape index (κ1) is 24.8. The molecule has 0 unspecified atom stereocenters. The lowest BCUT2D eigenvalue weighted by Gasteiger charge is -2.42. The van der Waals surface area contributed by atoms with Crippen molar-refractivity contribution in [2.24, 2.45) is 11.8 Å². The number of carbonyl (C=O) groups is 1. The average Bonchev–Trinajstić information content (AvgIpc) is 3.49. The van der Waals surface area contributed by atoms with Gasteiger partial charge in [-0.05, 0) is 94.0 Å². The van der Waals surface area contributed by atoms with E-state index in [0.29, 0.717) is 12.6 Å². The lowest BCUT2D eigenvalue weighted by molar-refractivity contribution is -0.119. The van der Waals surface area contributed by atoms with Crippen LogP contribution in [-0.4, -0.2) is 57.5 Å². The lowest BCUT2D eigenvalue weighted by Crippen LogP contribution is -2.44. The summed E-state index contributed by atoms with van der Waals surface area (Å²) in [7, 11) is 0. The third kappa shape index (κ3) is 5.43. The van der Waals surface area contributed by atoms with E-state index in [9.17, 15) is 4.79 Å². The van der Waals surface area contributed by atoms with Crippen molar-refractivity contribution in [2.45, 2.75) is 97.3 Å². The molecule has 2 aliphatic heterocycles. The van der Waals surface area contributed by atoms with E-state index >= 15 is 0 Å². The maximum Gasteiger partial charge on any atom is 0.217 e. The van der Waals surface area contributed by atoms with Gasteiger partial charge in [-0.25, -0.2) is 4.98 Å². The van der Waals surface area contributed by atoms with Crippen LogP contribution >= 0.6 is 0 Å². The topological polar surface area (TPSA) is 53.4 Å². The molecule has 2 aromatic heterocycles. The molecule has 6 heteroatoms. The summed E-state index contributed by atoms with van der Waals surface area (Å²) in [5.41, 5.74) is 3.76. The summed E-state index contributed by atoms with van der Waals surface area (Å²) < 4.78 is 2.52. The highest BCUT2D eigenvalue weighted by Gasteiger charge is 2.32. The normalized spacial score (nSPS) is 25.0. The molecule has 1 aliphatic carbocycles. The molecule has 0 atom stereocenters. The highest BCUT2D eigenvalue weighted by molar-refractivity contribution is 5.83. The zero-order valence-electron chi connectivity index (χ0n) is 22.1. The Morgan fingerprint density at radius 2 is 1.74 bits per heavy atom. The summed E-state index contributed by atoms with van der Waals surface area (Å²) in [5, 5.41) is 4.40. The van der Waals surface area contributed by atoms with Crippen LogP contribution < -0.4 is 5.32 Å². The molecule has 4 heterocycles. The first-order chi connectivity index (χ1) is 17.0. The second-order valence-corrected chi connectivity index (χ2v) is 11.6. The molecule has 0 bridgehead atoms. The van der Waals surface area contributed by atoms with Gasteiger partial charge in [-0.3, -0.25) is 9.69 Å². The van der Waals surface area contributed by atoms with Gasteiger partial charge in [-0.15, -0.1) is 0 Å². The molecular formula is C29H45N5O. The fraction of sp³-hybridized carbons (Fsp3) is 0.724. The van der Waals surface area contributed by atoms with Crippen LogP contribution in [-0.2, 0) is 17.9 Å². The molecule has 1 saturated carbocycles. The van der Waals surface area contributed by atoms with Crippen molar-refractivity contribution in [1.82, 2.24) is 24.7 Å². The highest BCUT2D eigenvalue weighted by Crippen LogP contribution is 2.37. The Morgan fingerprint density at radius 1 is 1.03 bits per heavy atom. The summed E-state index contributed by atoms with van der Waals surface area (Å²) in [6, 6.07) is 5.53. The molecule has 3 fully saturated rings. The molecule has 1 amide bonds. The Morgan fingerprint density at radius 3 is 2.40 bits per heavy atom. The molecule has 192 valence electrons. The van der Waals surface area contributed by atoms with Crippen molar-refractivity contribution in [3.8, 4) is 0 Å². The first-order valence-electron chi connectivity index (χ1n) is 14.2. The molecule has 0 spiro atoms. The second-order valence-electron chi connectivity index (χ2n) is 11.6. The first-order valence-corrected chi connectivity index (χ1v) is 14.2. The third-order valence-corrected chi connectivity index (χ3v) is 9.13. The number of nitrogens with one attached hydrogen (secondary N) is 1. The van der Waals surface area contributed by atoms with Crippen molar-refractivity contribution in [2.75, 3.05) is 26.2 Å². The van der Waals surface area contributed by atoms with Crippen molar-refractivity contribution in [3.63, 3.8) is 0 Å². The Labute approximate surface area is 211 Å². The van der Waals surface area contributed by atoms with Gasteiger partial charge in [0.05, 0.1) is 6.54 Å². The predicted octanol–water partition coefficient (Wildman–Crippen LogP) is 5.12. The van der Waals surface area contributed by atoms with Crippen LogP contribution in [0.5, 0.6) is 0 Å². The highest BCUT2D eigenvalue weighted by atomic mass is 16.1. The standard InChI is InChI=1S/C29H45N5O/c1-21(2)23-8-10-24(11-9-23)33-17-12-25(13-18-33)34-28(19-31-22(3)35)27(20-32-15-4-5-16-32)26-7-6-14-30-29(26)34/h6-7,14,21,23-25H,4-5,8-13,15-20H2,1-3H3,(H,31,35). The minimum Gasteiger partial charge on any atom is -0.351 e. The summed E-state index contributed by atoms with van der Waals surface area (Å²) >= 11 is 0. The van der Waals surface area contributed by atoms with Gasteiger partial charge in [0.1, 0.15) is 5.65 Å². The van der Waals surface area contributed by atoms with E-state index in [1.165, 1.54) is 94.2 Å². The number of likely N-dealkylation sites (tertiary alicyclic amines) is 2. The molecule has 3 aliphatic rings. The van der Waals surface area contributed by atoms with Crippen LogP contribution in [0.1, 0.15) is 89.4 Å². The average molecular weight is 480 g/mol. The molecule has 35 heavy (non-hydrogen) atoms. The van der Waals surface area contributed by atoms with Gasteiger partial charge in [0, 0.05) is 55.9 Å². The van der Waals surface area contributed by atoms with E-state index in [2.05, 4.69) is 45.7 Å². The Hall–Kier alpha value is -1.92. The van der Waals surface area contributed by atoms with Crippen LogP contribution in [0.2, 0.25) is 0 Å². The van der Waals surface area contributed by atoms with Crippen LogP contribution in [0.4, 0.5) is 0 Å². The Kier molecular flexibility index (Phi) is 7.78. The van der Waals surface area contributed by atoms with Gasteiger partial charge >= 0.3 is 0 Å². The molecule has 2 aromatic rings. The maximum absolute atomic E-state index is 11.9. The van der Waals surface area contributed by atoms with Gasteiger partial charge in [0.2, 0.25) is 5.91 Å². The molecular weight excluding hydrogens is 434 g/mol. The quantitative estimate of drug-likeness (QED) is 0.599. The van der Waals surface area contributed by atoms with E-state index in [0.717, 1.165) is 30.1 Å². The molecule has 0 radical (unpaired) electrons. The zero-order chi connectivity index (χ0) is 24.4. The van der Waals surface area contributed by atoms with Crippen molar-refractivity contribution < 1.29 is 4.79 Å². The zero-order valence-corrected chi connectivity index (χ0v) is 22.1. The second kappa shape index (κ2) is 11.0. The van der Waals surface area contributed by atoms with E-state index in [1.54, 1.807) is 6.92 Å². The van der Waals surface area contributed by atoms with E-state index < -0.39 is 0 Å². The number of fused-ring (bicyclic) bond motifs is 1. The van der Waals surface area contributed by atoms with Gasteiger partial charge in [0.25, 0.3) is 0 Å². The SMILES string of the molecule is CC(=O)NCc1c(CN2CCCC2)c2cccnc2n1C1CCN(C2CCC(C(C)C)CC2)CC1. The van der Waals surface area contributed by atoms with E-state index in [-0.39, 0.29) is 5.91 Å². The number of hydrogen-bond donors (Lipinski definition) is 1. The van der Waals surface area contributed by atoms with Gasteiger partial charge < -0.3 is 14.8 Å². The van der Waals surface area contributed by atoms with Gasteiger partial charge in [0.15, 0.2) is 0 Å². The van der Waals surface area contributed by atoms with E-state index in [1.807, 2.05) is 6.20 Å². The van der Waals surface area contributed by atoms with Crippen molar-refractivity contribution in [3.05, 3.63) is 29.6 Å². The third-order valence-electron chi connectivity index (χ3n) is 9.13. The number of amides is 1. The number of nitrogens with zero attached hydrogens (tertiary/aromatic N) is 4. The summed E-state index contributed by atoms with van der Waals surface area (Å²) in [6.45, 7) is 12.7. The van der Waals surface area contributed by atoms with E-state index in [4.69, 9.17) is 4.98 Å². The van der Waals surface area contributed by atoms with Crippen LogP contribution in [0.15, 0.2) is 18.3 Å². The molecule has 5 rings (SSSR count). The number of pyridine rings is 1. The van der Waals surface area contributed by atoms with Gasteiger partial charge in [-0.2, -0.15) is 0 Å². The summed E-state index contributed by atoms with van der Waals surface area (Å²) in [4.78, 5) is 22.1. The van der Waals surface area contributed by atoms with Crippen LogP contribution in [0, 0.1) is 11.8 Å².